The zero-order valence-electron chi connectivity index (χ0n) is 21.5. The maximum absolute atomic E-state index is 13.7. The Balaban J connectivity index is 1.73. The van der Waals surface area contributed by atoms with Crippen LogP contribution in [0.3, 0.4) is 0 Å². The summed E-state index contributed by atoms with van der Waals surface area (Å²) in [5.74, 6) is -1.67. The number of hydrogen-bond donors (Lipinski definition) is 1. The lowest BCUT2D eigenvalue weighted by atomic mass is 9.94. The molecule has 1 unspecified atom stereocenters. The summed E-state index contributed by atoms with van der Waals surface area (Å²) in [5.41, 5.74) is 1.88. The van der Waals surface area contributed by atoms with E-state index in [0.29, 0.717) is 30.0 Å². The number of quaternary nitrogens is 1. The van der Waals surface area contributed by atoms with Gasteiger partial charge in [0.15, 0.2) is 0 Å². The van der Waals surface area contributed by atoms with Gasteiger partial charge >= 0.3 is 0 Å². The van der Waals surface area contributed by atoms with Crippen molar-refractivity contribution in [2.45, 2.75) is 19.6 Å². The Bertz CT molecular complexity index is 1400. The van der Waals surface area contributed by atoms with Crippen molar-refractivity contribution in [1.29, 1.82) is 0 Å². The fraction of sp³-hybridized carbons (Fsp3) is 0.241. The van der Waals surface area contributed by atoms with E-state index in [1.54, 1.807) is 31.2 Å². The van der Waals surface area contributed by atoms with Crippen molar-refractivity contribution in [2.75, 3.05) is 27.2 Å². The highest BCUT2D eigenvalue weighted by molar-refractivity contribution is 6.46. The summed E-state index contributed by atoms with van der Waals surface area (Å²) < 4.78 is 5.91. The maximum Gasteiger partial charge on any atom is 0.295 e. The molecular formula is C29H29N3O6. The van der Waals surface area contributed by atoms with Crippen LogP contribution in [0.1, 0.15) is 28.3 Å². The minimum Gasteiger partial charge on any atom is -0.872 e. The van der Waals surface area contributed by atoms with Crippen LogP contribution >= 0.6 is 0 Å². The predicted molar refractivity (Wildman–Crippen MR) is 139 cm³/mol. The van der Waals surface area contributed by atoms with Crippen molar-refractivity contribution in [3.05, 3.63) is 111 Å². The second-order valence-electron chi connectivity index (χ2n) is 9.54. The molecule has 3 aromatic carbocycles. The van der Waals surface area contributed by atoms with Crippen molar-refractivity contribution in [1.82, 2.24) is 4.90 Å². The summed E-state index contributed by atoms with van der Waals surface area (Å²) in [5, 5.41) is 25.1. The first kappa shape index (κ1) is 26.6. The molecule has 0 aliphatic carbocycles. The Morgan fingerprint density at radius 1 is 1.03 bits per heavy atom. The van der Waals surface area contributed by atoms with E-state index in [9.17, 15) is 24.8 Å². The number of likely N-dealkylation sites (tertiary alicyclic amines) is 1. The van der Waals surface area contributed by atoms with Gasteiger partial charge in [-0.2, -0.15) is 0 Å². The summed E-state index contributed by atoms with van der Waals surface area (Å²) in [6.45, 7) is 2.89. The number of amides is 1. The van der Waals surface area contributed by atoms with E-state index < -0.39 is 28.4 Å². The van der Waals surface area contributed by atoms with Crippen LogP contribution in [0, 0.1) is 17.0 Å². The second-order valence-corrected chi connectivity index (χ2v) is 9.54. The lowest BCUT2D eigenvalue weighted by Gasteiger charge is -2.27. The molecule has 0 aromatic heterocycles. The lowest BCUT2D eigenvalue weighted by Crippen LogP contribution is -3.06. The zero-order valence-corrected chi connectivity index (χ0v) is 21.5. The first-order valence-corrected chi connectivity index (χ1v) is 12.2. The van der Waals surface area contributed by atoms with E-state index in [-0.39, 0.29) is 23.4 Å². The number of ether oxygens (including phenoxy) is 1. The van der Waals surface area contributed by atoms with Gasteiger partial charge < -0.3 is 19.6 Å². The molecule has 0 bridgehead atoms. The number of Topliss-reactive ketones (excluding diaryl/α,β-unsaturated/α-hetero) is 1. The van der Waals surface area contributed by atoms with Gasteiger partial charge in [-0.25, -0.2) is 0 Å². The van der Waals surface area contributed by atoms with E-state index in [1.165, 1.54) is 23.1 Å². The van der Waals surface area contributed by atoms with Crippen molar-refractivity contribution in [2.24, 2.45) is 0 Å². The van der Waals surface area contributed by atoms with Crippen LogP contribution in [0.25, 0.3) is 5.76 Å². The van der Waals surface area contributed by atoms with E-state index in [4.69, 9.17) is 4.74 Å². The number of nitrogens with one attached hydrogen (secondary N) is 1. The zero-order chi connectivity index (χ0) is 27.4. The minimum atomic E-state index is -1.02. The molecule has 1 aliphatic rings. The highest BCUT2D eigenvalue weighted by atomic mass is 16.6. The third kappa shape index (κ3) is 5.57. The molecule has 4 rings (SSSR count). The van der Waals surface area contributed by atoms with Crippen molar-refractivity contribution >= 4 is 23.1 Å². The number of hydrogen-bond acceptors (Lipinski definition) is 6. The average molecular weight is 516 g/mol. The molecule has 196 valence electrons. The molecule has 1 saturated heterocycles. The number of rotatable bonds is 9. The summed E-state index contributed by atoms with van der Waals surface area (Å²) in [4.78, 5) is 39.5. The number of carbonyl (C=O) groups excluding carboxylic acids is 2. The Labute approximate surface area is 220 Å². The molecule has 0 radical (unpaired) electrons. The summed E-state index contributed by atoms with van der Waals surface area (Å²) in [6.07, 6.45) is 0. The SMILES string of the molecule is Cc1cc(C([O-])=C2C(=O)C(=O)N(CC[NH+](C)C)C2c2cccc([N+](=O)[O-])c2)ccc1OCc1ccccc1. The first-order valence-electron chi connectivity index (χ1n) is 12.2. The van der Waals surface area contributed by atoms with Crippen LogP contribution in [-0.2, 0) is 16.2 Å². The topological polar surface area (TPSA) is 117 Å². The van der Waals surface area contributed by atoms with Gasteiger partial charge in [0.05, 0.1) is 38.2 Å². The second kappa shape index (κ2) is 11.3. The maximum atomic E-state index is 13.7. The summed E-state index contributed by atoms with van der Waals surface area (Å²) in [7, 11) is 3.81. The summed E-state index contributed by atoms with van der Waals surface area (Å²) >= 11 is 0. The molecule has 0 saturated carbocycles. The van der Waals surface area contributed by atoms with Crippen LogP contribution in [0.2, 0.25) is 0 Å². The van der Waals surface area contributed by atoms with Crippen LogP contribution in [0.5, 0.6) is 5.75 Å². The van der Waals surface area contributed by atoms with E-state index in [2.05, 4.69) is 0 Å². The molecule has 1 amide bonds. The quantitative estimate of drug-likeness (QED) is 0.153. The van der Waals surface area contributed by atoms with Gasteiger partial charge in [0.1, 0.15) is 12.4 Å². The van der Waals surface area contributed by atoms with Gasteiger partial charge in [-0.15, -0.1) is 0 Å². The number of likely N-dealkylation sites (N-methyl/N-ethyl adjacent to an activating group) is 1. The molecule has 9 nitrogen and oxygen atoms in total. The van der Waals surface area contributed by atoms with Crippen LogP contribution in [0.4, 0.5) is 5.69 Å². The number of benzene rings is 3. The third-order valence-electron chi connectivity index (χ3n) is 6.45. The standard InChI is InChI=1S/C29H29N3O6/c1-19-16-22(12-13-24(19)38-18-20-8-5-4-6-9-20)27(33)25-26(21-10-7-11-23(17-21)32(36)37)31(15-14-30(2)3)29(35)28(25)34/h4-13,16-17,26,33H,14-15,18H2,1-3H3. The summed E-state index contributed by atoms with van der Waals surface area (Å²) in [6, 6.07) is 19.2. The highest BCUT2D eigenvalue weighted by Crippen LogP contribution is 2.39. The number of carbonyl (C=O) groups is 2. The Morgan fingerprint density at radius 3 is 2.42 bits per heavy atom. The van der Waals surface area contributed by atoms with Crippen molar-refractivity contribution in [3.8, 4) is 5.75 Å². The van der Waals surface area contributed by atoms with Gasteiger partial charge in [-0.1, -0.05) is 54.3 Å². The monoisotopic (exact) mass is 515 g/mol. The van der Waals surface area contributed by atoms with Crippen LogP contribution < -0.4 is 14.7 Å². The molecular weight excluding hydrogens is 486 g/mol. The van der Waals surface area contributed by atoms with Gasteiger partial charge in [0.2, 0.25) is 5.78 Å². The number of ketones is 1. The molecule has 9 heteroatoms. The van der Waals surface area contributed by atoms with E-state index in [0.717, 1.165) is 10.5 Å². The molecule has 38 heavy (non-hydrogen) atoms. The largest absolute Gasteiger partial charge is 0.872 e. The Morgan fingerprint density at radius 2 is 1.76 bits per heavy atom. The van der Waals surface area contributed by atoms with E-state index in [1.807, 2.05) is 44.4 Å². The number of nitro groups is 1. The lowest BCUT2D eigenvalue weighted by molar-refractivity contribution is -0.857. The average Bonchev–Trinajstić information content (AvgIpc) is 3.16. The smallest absolute Gasteiger partial charge is 0.295 e. The fourth-order valence-electron chi connectivity index (χ4n) is 4.44. The molecule has 1 atom stereocenters. The molecule has 3 aromatic rings. The third-order valence-corrected chi connectivity index (χ3v) is 6.45. The molecule has 1 N–H and O–H groups in total. The van der Waals surface area contributed by atoms with Crippen molar-refractivity contribution in [3.63, 3.8) is 0 Å². The molecule has 1 fully saturated rings. The van der Waals surface area contributed by atoms with Gasteiger partial charge in [0.25, 0.3) is 11.6 Å². The Hall–Kier alpha value is -4.50. The van der Waals surface area contributed by atoms with Gasteiger partial charge in [-0.3, -0.25) is 19.7 Å². The van der Waals surface area contributed by atoms with Crippen molar-refractivity contribution < 1.29 is 29.3 Å². The normalized spacial score (nSPS) is 16.7. The number of aryl methyl sites for hydroxylation is 1. The number of nitro benzene ring substituents is 1. The fourth-order valence-corrected chi connectivity index (χ4v) is 4.44. The van der Waals surface area contributed by atoms with E-state index >= 15 is 0 Å². The van der Waals surface area contributed by atoms with Crippen LogP contribution in [-0.4, -0.2) is 48.7 Å². The molecule has 0 spiro atoms. The van der Waals surface area contributed by atoms with Gasteiger partial charge in [0, 0.05) is 17.7 Å². The molecule has 1 aliphatic heterocycles. The minimum absolute atomic E-state index is 0.185. The predicted octanol–water partition coefficient (Wildman–Crippen LogP) is 1.85. The Kier molecular flexibility index (Phi) is 7.87. The number of non-ortho nitro benzene ring substituents is 1. The highest BCUT2D eigenvalue weighted by Gasteiger charge is 2.44. The van der Waals surface area contributed by atoms with Gasteiger partial charge in [-0.05, 0) is 41.3 Å². The molecule has 1 heterocycles. The number of nitrogens with zero attached hydrogens (tertiary/aromatic N) is 2. The first-order chi connectivity index (χ1) is 18.2. The van der Waals surface area contributed by atoms with Crippen LogP contribution in [0.15, 0.2) is 78.4 Å².